The van der Waals surface area contributed by atoms with Gasteiger partial charge >= 0.3 is 0 Å². The molecule has 1 N–H and O–H groups in total. The fraction of sp³-hybridized carbons (Fsp3) is 1.00. The van der Waals surface area contributed by atoms with E-state index in [1.165, 1.54) is 6.26 Å². The van der Waals surface area contributed by atoms with E-state index in [4.69, 9.17) is 0 Å². The zero-order valence-electron chi connectivity index (χ0n) is 12.3. The summed E-state index contributed by atoms with van der Waals surface area (Å²) in [6.07, 6.45) is 4.20. The Labute approximate surface area is 117 Å². The highest BCUT2D eigenvalue weighted by Gasteiger charge is 2.35. The van der Waals surface area contributed by atoms with Crippen molar-refractivity contribution in [2.45, 2.75) is 36.6 Å². The third kappa shape index (κ3) is 3.90. The van der Waals surface area contributed by atoms with Crippen molar-refractivity contribution in [2.75, 3.05) is 46.5 Å². The van der Waals surface area contributed by atoms with Gasteiger partial charge in [-0.3, -0.25) is 4.90 Å². The molecular weight excluding hydrogens is 262 g/mol. The van der Waals surface area contributed by atoms with Gasteiger partial charge < -0.3 is 10.2 Å². The van der Waals surface area contributed by atoms with Crippen LogP contribution in [0.15, 0.2) is 0 Å². The van der Waals surface area contributed by atoms with E-state index in [-0.39, 0.29) is 11.3 Å². The van der Waals surface area contributed by atoms with Crippen LogP contribution in [0.3, 0.4) is 0 Å². The molecule has 0 aromatic rings. The lowest BCUT2D eigenvalue weighted by atomic mass is 10.1. The van der Waals surface area contributed by atoms with Gasteiger partial charge in [-0.05, 0) is 26.9 Å². The molecule has 112 valence electrons. The highest BCUT2D eigenvalue weighted by atomic mass is 32.2. The Bertz CT molecular complexity index is 399. The van der Waals surface area contributed by atoms with Gasteiger partial charge in [-0.1, -0.05) is 6.42 Å². The lowest BCUT2D eigenvalue weighted by Gasteiger charge is -2.38. The van der Waals surface area contributed by atoms with Gasteiger partial charge in [0.2, 0.25) is 0 Å². The van der Waals surface area contributed by atoms with Gasteiger partial charge in [0.05, 0.1) is 5.25 Å². The molecule has 2 aliphatic rings. The van der Waals surface area contributed by atoms with Crippen LogP contribution in [0.1, 0.15) is 19.3 Å². The molecule has 0 aromatic heterocycles. The maximum atomic E-state index is 11.8. The Morgan fingerprint density at radius 2 is 1.95 bits per heavy atom. The van der Waals surface area contributed by atoms with Crippen LogP contribution in [0.5, 0.6) is 0 Å². The molecule has 0 bridgehead atoms. The van der Waals surface area contributed by atoms with E-state index in [1.807, 2.05) is 0 Å². The minimum atomic E-state index is -2.92. The van der Waals surface area contributed by atoms with E-state index in [0.29, 0.717) is 6.04 Å². The highest BCUT2D eigenvalue weighted by Crippen LogP contribution is 2.25. The summed E-state index contributed by atoms with van der Waals surface area (Å²) < 4.78 is 23.5. The van der Waals surface area contributed by atoms with Crippen LogP contribution < -0.4 is 5.32 Å². The van der Waals surface area contributed by atoms with E-state index in [2.05, 4.69) is 29.2 Å². The Morgan fingerprint density at radius 3 is 2.63 bits per heavy atom. The number of rotatable bonds is 4. The Morgan fingerprint density at radius 1 is 1.21 bits per heavy atom. The number of nitrogens with one attached hydrogen (secondary N) is 1. The van der Waals surface area contributed by atoms with Gasteiger partial charge in [0, 0.05) is 44.5 Å². The molecule has 2 fully saturated rings. The molecule has 5 nitrogen and oxygen atoms in total. The third-order valence-corrected chi connectivity index (χ3v) is 6.26. The molecule has 0 aromatic carbocycles. The van der Waals surface area contributed by atoms with Gasteiger partial charge in [-0.25, -0.2) is 8.42 Å². The lowest BCUT2D eigenvalue weighted by Crippen LogP contribution is -2.55. The second-order valence-corrected chi connectivity index (χ2v) is 8.47. The van der Waals surface area contributed by atoms with Crippen molar-refractivity contribution in [3.05, 3.63) is 0 Å². The first-order valence-electron chi connectivity index (χ1n) is 7.19. The molecule has 3 atom stereocenters. The van der Waals surface area contributed by atoms with Crippen LogP contribution in [0.25, 0.3) is 0 Å². The van der Waals surface area contributed by atoms with Gasteiger partial charge in [0.15, 0.2) is 9.84 Å². The maximum absolute atomic E-state index is 11.8. The summed E-state index contributed by atoms with van der Waals surface area (Å²) in [7, 11) is 1.39. The van der Waals surface area contributed by atoms with Crippen LogP contribution in [0.4, 0.5) is 0 Å². The standard InChI is InChI=1S/C13H27N3O2S/c1-15-7-8-16(2)11(10-15)9-14-12-5-4-6-13(12)19(3,17)18/h11-14H,4-10H2,1-3H3. The Hall–Kier alpha value is -0.170. The Balaban J connectivity index is 1.87. The van der Waals surface area contributed by atoms with Crippen molar-refractivity contribution < 1.29 is 8.42 Å². The largest absolute Gasteiger partial charge is 0.311 e. The first kappa shape index (κ1) is 15.2. The van der Waals surface area contributed by atoms with Gasteiger partial charge in [-0.15, -0.1) is 0 Å². The second-order valence-electron chi connectivity index (χ2n) is 6.21. The van der Waals surface area contributed by atoms with Crippen molar-refractivity contribution in [2.24, 2.45) is 0 Å². The number of sulfone groups is 1. The van der Waals surface area contributed by atoms with Gasteiger partial charge in [0.25, 0.3) is 0 Å². The van der Waals surface area contributed by atoms with E-state index >= 15 is 0 Å². The van der Waals surface area contributed by atoms with Crippen LogP contribution in [0.2, 0.25) is 0 Å². The maximum Gasteiger partial charge on any atom is 0.151 e. The van der Waals surface area contributed by atoms with Crippen LogP contribution >= 0.6 is 0 Å². The Kier molecular flexibility index (Phi) is 4.87. The number of likely N-dealkylation sites (N-methyl/N-ethyl adjacent to an activating group) is 2. The zero-order chi connectivity index (χ0) is 14.0. The first-order chi connectivity index (χ1) is 8.88. The molecule has 1 aliphatic carbocycles. The monoisotopic (exact) mass is 289 g/mol. The molecule has 0 spiro atoms. The van der Waals surface area contributed by atoms with Crippen molar-refractivity contribution >= 4 is 9.84 Å². The SMILES string of the molecule is CN1CCN(C)C(CNC2CCCC2S(C)(=O)=O)C1. The fourth-order valence-corrected chi connectivity index (χ4v) is 4.71. The minimum Gasteiger partial charge on any atom is -0.311 e. The topological polar surface area (TPSA) is 52.6 Å². The molecule has 0 radical (unpaired) electrons. The third-order valence-electron chi connectivity index (χ3n) is 4.60. The summed E-state index contributed by atoms with van der Waals surface area (Å²) in [5.74, 6) is 0. The van der Waals surface area contributed by atoms with Crippen molar-refractivity contribution in [3.63, 3.8) is 0 Å². The molecular formula is C13H27N3O2S. The minimum absolute atomic E-state index is 0.149. The summed E-state index contributed by atoms with van der Waals surface area (Å²) in [6.45, 7) is 4.14. The quantitative estimate of drug-likeness (QED) is 0.776. The summed E-state index contributed by atoms with van der Waals surface area (Å²) in [5, 5.41) is 3.33. The van der Waals surface area contributed by atoms with Gasteiger partial charge in [0.1, 0.15) is 0 Å². The number of nitrogens with zero attached hydrogens (tertiary/aromatic N) is 2. The number of piperazine rings is 1. The second kappa shape index (κ2) is 6.08. The van der Waals surface area contributed by atoms with E-state index in [9.17, 15) is 8.42 Å². The first-order valence-corrected chi connectivity index (χ1v) is 9.14. The summed E-state index contributed by atoms with van der Waals surface area (Å²) in [4.78, 5) is 4.71. The predicted molar refractivity (Wildman–Crippen MR) is 78.2 cm³/mol. The fourth-order valence-electron chi connectivity index (χ4n) is 3.28. The van der Waals surface area contributed by atoms with Crippen LogP contribution in [0, 0.1) is 0 Å². The zero-order valence-corrected chi connectivity index (χ0v) is 13.1. The molecule has 1 saturated carbocycles. The molecule has 1 aliphatic heterocycles. The summed E-state index contributed by atoms with van der Waals surface area (Å²) >= 11 is 0. The van der Waals surface area contributed by atoms with Crippen molar-refractivity contribution in [3.8, 4) is 0 Å². The van der Waals surface area contributed by atoms with E-state index < -0.39 is 9.84 Å². The molecule has 1 heterocycles. The van der Waals surface area contributed by atoms with E-state index in [0.717, 1.165) is 45.4 Å². The molecule has 0 amide bonds. The average molecular weight is 289 g/mol. The molecule has 3 unspecified atom stereocenters. The predicted octanol–water partition coefficient (Wildman–Crippen LogP) is -0.212. The van der Waals surface area contributed by atoms with Gasteiger partial charge in [-0.2, -0.15) is 0 Å². The highest BCUT2D eigenvalue weighted by molar-refractivity contribution is 7.91. The summed E-state index contributed by atoms with van der Waals surface area (Å²) in [6, 6.07) is 0.634. The number of hydrogen-bond donors (Lipinski definition) is 1. The lowest BCUT2D eigenvalue weighted by molar-refractivity contribution is 0.111. The smallest absolute Gasteiger partial charge is 0.151 e. The molecule has 2 rings (SSSR count). The average Bonchev–Trinajstić information content (AvgIpc) is 2.78. The van der Waals surface area contributed by atoms with E-state index in [1.54, 1.807) is 0 Å². The summed E-state index contributed by atoms with van der Waals surface area (Å²) in [5.41, 5.74) is 0. The van der Waals surface area contributed by atoms with Crippen molar-refractivity contribution in [1.29, 1.82) is 0 Å². The molecule has 1 saturated heterocycles. The molecule has 6 heteroatoms. The van der Waals surface area contributed by atoms with Crippen LogP contribution in [-0.4, -0.2) is 82.1 Å². The van der Waals surface area contributed by atoms with Crippen molar-refractivity contribution in [1.82, 2.24) is 15.1 Å². The van der Waals surface area contributed by atoms with Crippen LogP contribution in [-0.2, 0) is 9.84 Å². The number of hydrogen-bond acceptors (Lipinski definition) is 5. The normalized spacial score (nSPS) is 34.8. The molecule has 19 heavy (non-hydrogen) atoms.